The maximum absolute atomic E-state index is 6.00. The fourth-order valence-corrected chi connectivity index (χ4v) is 2.45. The van der Waals surface area contributed by atoms with Gasteiger partial charge in [-0.05, 0) is 18.8 Å². The third kappa shape index (κ3) is 1.11. The predicted molar refractivity (Wildman–Crippen MR) is 63.1 cm³/mol. The second-order valence-electron chi connectivity index (χ2n) is 4.72. The third-order valence-electron chi connectivity index (χ3n) is 3.50. The Balaban J connectivity index is 2.27. The Morgan fingerprint density at radius 3 is 2.75 bits per heavy atom. The van der Waals surface area contributed by atoms with E-state index < -0.39 is 0 Å². The molecule has 2 heterocycles. The molecule has 1 saturated carbocycles. The van der Waals surface area contributed by atoms with Crippen LogP contribution < -0.4 is 5.73 Å². The Kier molecular flexibility index (Phi) is 1.81. The Labute approximate surface area is 94.2 Å². The molecule has 3 rings (SSSR count). The van der Waals surface area contributed by atoms with Crippen molar-refractivity contribution in [3.05, 3.63) is 5.69 Å². The smallest absolute Gasteiger partial charge is 0.202 e. The van der Waals surface area contributed by atoms with Gasteiger partial charge in [0.2, 0.25) is 5.95 Å². The van der Waals surface area contributed by atoms with Crippen LogP contribution in [0.1, 0.15) is 32.0 Å². The fraction of sp³-hybridized carbons (Fsp3) is 0.636. The minimum atomic E-state index is 0.519. The third-order valence-corrected chi connectivity index (χ3v) is 3.50. The zero-order valence-corrected chi connectivity index (χ0v) is 9.94. The number of hydrogen-bond donors (Lipinski definition) is 1. The molecule has 2 aromatic rings. The van der Waals surface area contributed by atoms with Crippen molar-refractivity contribution in [3.8, 4) is 0 Å². The van der Waals surface area contributed by atoms with Crippen molar-refractivity contribution in [2.45, 2.75) is 32.7 Å². The van der Waals surface area contributed by atoms with Gasteiger partial charge in [0.1, 0.15) is 5.52 Å². The zero-order valence-electron chi connectivity index (χ0n) is 9.94. The molecule has 0 spiro atoms. The molecule has 0 aliphatic heterocycles. The summed E-state index contributed by atoms with van der Waals surface area (Å²) < 4.78 is 4.05. The van der Waals surface area contributed by atoms with E-state index in [1.807, 2.05) is 11.7 Å². The van der Waals surface area contributed by atoms with Gasteiger partial charge in [0.15, 0.2) is 5.65 Å². The summed E-state index contributed by atoms with van der Waals surface area (Å²) in [6, 6.07) is 0.519. The lowest BCUT2D eigenvalue weighted by Gasteiger charge is -2.04. The quantitative estimate of drug-likeness (QED) is 0.832. The largest absolute Gasteiger partial charge is 0.369 e. The molecule has 2 N–H and O–H groups in total. The number of rotatable bonds is 2. The van der Waals surface area contributed by atoms with E-state index in [2.05, 4.69) is 28.5 Å². The van der Waals surface area contributed by atoms with E-state index in [0.29, 0.717) is 17.9 Å². The van der Waals surface area contributed by atoms with Crippen molar-refractivity contribution in [2.24, 2.45) is 13.0 Å². The molecule has 1 aliphatic carbocycles. The van der Waals surface area contributed by atoms with Gasteiger partial charge in [-0.2, -0.15) is 5.10 Å². The van der Waals surface area contributed by atoms with E-state index in [-0.39, 0.29) is 0 Å². The summed E-state index contributed by atoms with van der Waals surface area (Å²) in [5.74, 6) is 1.34. The summed E-state index contributed by atoms with van der Waals surface area (Å²) in [4.78, 5) is 4.46. The van der Waals surface area contributed by atoms with Crippen molar-refractivity contribution in [3.63, 3.8) is 0 Å². The van der Waals surface area contributed by atoms with Crippen molar-refractivity contribution >= 4 is 17.1 Å². The summed E-state index contributed by atoms with van der Waals surface area (Å²) in [6.45, 7) is 4.34. The van der Waals surface area contributed by atoms with E-state index >= 15 is 0 Å². The molecule has 2 unspecified atom stereocenters. The molecule has 0 aromatic carbocycles. The number of aromatic nitrogens is 4. The number of aryl methyl sites for hydroxylation is 2. The van der Waals surface area contributed by atoms with Crippen LogP contribution in [0.3, 0.4) is 0 Å². The molecule has 1 fully saturated rings. The number of nitrogen functional groups attached to an aromatic ring is 1. The van der Waals surface area contributed by atoms with Gasteiger partial charge in [-0.25, -0.2) is 4.98 Å². The van der Waals surface area contributed by atoms with Crippen LogP contribution in [0.4, 0.5) is 5.95 Å². The Bertz CT molecular complexity index is 550. The van der Waals surface area contributed by atoms with Gasteiger partial charge in [-0.15, -0.1) is 0 Å². The van der Waals surface area contributed by atoms with Gasteiger partial charge < -0.3 is 5.73 Å². The second-order valence-corrected chi connectivity index (χ2v) is 4.72. The molecule has 1 aliphatic rings. The lowest BCUT2D eigenvalue weighted by molar-refractivity contribution is 0.669. The number of imidazole rings is 1. The van der Waals surface area contributed by atoms with Crippen LogP contribution in [0, 0.1) is 5.92 Å². The zero-order chi connectivity index (χ0) is 11.4. The molecular formula is C11H17N5. The fourth-order valence-electron chi connectivity index (χ4n) is 2.45. The number of nitrogens with two attached hydrogens (primary N) is 1. The second kappa shape index (κ2) is 2.99. The van der Waals surface area contributed by atoms with Crippen LogP contribution in [-0.2, 0) is 13.5 Å². The number of nitrogens with zero attached hydrogens (tertiary/aromatic N) is 4. The number of fused-ring (bicyclic) bond motifs is 1. The van der Waals surface area contributed by atoms with Crippen molar-refractivity contribution < 1.29 is 0 Å². The molecular weight excluding hydrogens is 202 g/mol. The first kappa shape index (κ1) is 9.69. The highest BCUT2D eigenvalue weighted by Gasteiger charge is 2.37. The minimum absolute atomic E-state index is 0.519. The summed E-state index contributed by atoms with van der Waals surface area (Å²) >= 11 is 0. The van der Waals surface area contributed by atoms with Crippen LogP contribution in [0.15, 0.2) is 0 Å². The van der Waals surface area contributed by atoms with Crippen molar-refractivity contribution in [1.29, 1.82) is 0 Å². The summed E-state index contributed by atoms with van der Waals surface area (Å²) in [5.41, 5.74) is 9.09. The Morgan fingerprint density at radius 1 is 1.50 bits per heavy atom. The lowest BCUT2D eigenvalue weighted by Crippen LogP contribution is -2.06. The average Bonchev–Trinajstić information content (AvgIpc) is 2.71. The van der Waals surface area contributed by atoms with Crippen molar-refractivity contribution in [2.75, 3.05) is 5.73 Å². The molecule has 0 saturated heterocycles. The Morgan fingerprint density at radius 2 is 2.19 bits per heavy atom. The van der Waals surface area contributed by atoms with E-state index in [1.165, 1.54) is 6.42 Å². The van der Waals surface area contributed by atoms with Crippen LogP contribution >= 0.6 is 0 Å². The average molecular weight is 219 g/mol. The summed E-state index contributed by atoms with van der Waals surface area (Å²) in [7, 11) is 1.96. The first-order valence-corrected chi connectivity index (χ1v) is 5.82. The first-order valence-electron chi connectivity index (χ1n) is 5.82. The monoisotopic (exact) mass is 219 g/mol. The molecule has 0 radical (unpaired) electrons. The highest BCUT2D eigenvalue weighted by Crippen LogP contribution is 2.45. The predicted octanol–water partition coefficient (Wildman–Crippen LogP) is 1.50. The highest BCUT2D eigenvalue weighted by atomic mass is 15.4. The SMILES string of the molecule is CCc1nn(C)c2c1nc(N)n2C1CC1C. The van der Waals surface area contributed by atoms with Gasteiger partial charge >= 0.3 is 0 Å². The topological polar surface area (TPSA) is 61.7 Å². The summed E-state index contributed by atoms with van der Waals surface area (Å²) in [6.07, 6.45) is 2.09. The normalized spacial score (nSPS) is 24.2. The molecule has 5 nitrogen and oxygen atoms in total. The standard InChI is InChI=1S/C11H17N5/c1-4-7-9-10(15(3)14-7)16(11(12)13-9)8-5-6(8)2/h6,8H,4-5H2,1-3H3,(H2,12,13). The molecule has 86 valence electrons. The minimum Gasteiger partial charge on any atom is -0.369 e. The first-order chi connectivity index (χ1) is 7.63. The summed E-state index contributed by atoms with van der Waals surface area (Å²) in [5, 5.41) is 4.48. The molecule has 0 bridgehead atoms. The lowest BCUT2D eigenvalue weighted by atomic mass is 10.3. The van der Waals surface area contributed by atoms with Crippen LogP contribution in [0.2, 0.25) is 0 Å². The van der Waals surface area contributed by atoms with Gasteiger partial charge in [0.05, 0.1) is 5.69 Å². The molecule has 2 aromatic heterocycles. The number of hydrogen-bond acceptors (Lipinski definition) is 3. The van der Waals surface area contributed by atoms with Crippen LogP contribution in [-0.4, -0.2) is 19.3 Å². The van der Waals surface area contributed by atoms with E-state index in [9.17, 15) is 0 Å². The molecule has 16 heavy (non-hydrogen) atoms. The molecule has 2 atom stereocenters. The van der Waals surface area contributed by atoms with Gasteiger partial charge in [0, 0.05) is 13.1 Å². The van der Waals surface area contributed by atoms with E-state index in [1.54, 1.807) is 0 Å². The van der Waals surface area contributed by atoms with Crippen molar-refractivity contribution in [1.82, 2.24) is 19.3 Å². The molecule has 0 amide bonds. The van der Waals surface area contributed by atoms with Gasteiger partial charge in [-0.3, -0.25) is 9.25 Å². The van der Waals surface area contributed by atoms with E-state index in [4.69, 9.17) is 5.73 Å². The van der Waals surface area contributed by atoms with Gasteiger partial charge in [0.25, 0.3) is 0 Å². The number of anilines is 1. The Hall–Kier alpha value is -1.52. The maximum Gasteiger partial charge on any atom is 0.202 e. The van der Waals surface area contributed by atoms with Crippen LogP contribution in [0.25, 0.3) is 11.2 Å². The maximum atomic E-state index is 6.00. The molecule has 5 heteroatoms. The highest BCUT2D eigenvalue weighted by molar-refractivity contribution is 5.78. The van der Waals surface area contributed by atoms with Crippen LogP contribution in [0.5, 0.6) is 0 Å². The van der Waals surface area contributed by atoms with Gasteiger partial charge in [-0.1, -0.05) is 13.8 Å². The van der Waals surface area contributed by atoms with E-state index in [0.717, 1.165) is 23.3 Å².